The Kier molecular flexibility index (Phi) is 6.55. The Morgan fingerprint density at radius 1 is 1.06 bits per heavy atom. The molecule has 0 aliphatic carbocycles. The van der Waals surface area contributed by atoms with Gasteiger partial charge in [0.05, 0.1) is 29.9 Å². The summed E-state index contributed by atoms with van der Waals surface area (Å²) in [6, 6.07) is 18.8. The Balaban J connectivity index is 1.59. The van der Waals surface area contributed by atoms with E-state index >= 15 is 0 Å². The molecule has 0 fully saturated rings. The number of hydrogen-bond donors (Lipinski definition) is 1. The second-order valence-electron chi connectivity index (χ2n) is 7.58. The van der Waals surface area contributed by atoms with E-state index in [0.29, 0.717) is 48.0 Å². The van der Waals surface area contributed by atoms with E-state index in [9.17, 15) is 13.2 Å². The molecule has 33 heavy (non-hydrogen) atoms. The van der Waals surface area contributed by atoms with Gasteiger partial charge in [0.1, 0.15) is 11.5 Å². The summed E-state index contributed by atoms with van der Waals surface area (Å²) in [5.74, 6) is 0.837. The van der Waals surface area contributed by atoms with E-state index in [-0.39, 0.29) is 10.8 Å². The van der Waals surface area contributed by atoms with Crippen molar-refractivity contribution < 1.29 is 22.7 Å². The van der Waals surface area contributed by atoms with Crippen LogP contribution in [0.1, 0.15) is 29.3 Å². The second-order valence-corrected chi connectivity index (χ2v) is 9.45. The minimum absolute atomic E-state index is 0.209. The van der Waals surface area contributed by atoms with Gasteiger partial charge in [-0.25, -0.2) is 8.42 Å². The third kappa shape index (κ3) is 4.66. The van der Waals surface area contributed by atoms with Gasteiger partial charge >= 0.3 is 0 Å². The number of anilines is 2. The maximum atomic E-state index is 13.3. The summed E-state index contributed by atoms with van der Waals surface area (Å²) in [6.45, 7) is 2.72. The third-order valence-corrected chi connectivity index (χ3v) is 7.32. The fourth-order valence-corrected chi connectivity index (χ4v) is 5.44. The molecule has 0 aromatic heterocycles. The number of aryl methyl sites for hydroxylation is 1. The topological polar surface area (TPSA) is 84.9 Å². The van der Waals surface area contributed by atoms with E-state index < -0.39 is 10.0 Å². The molecule has 1 aliphatic heterocycles. The van der Waals surface area contributed by atoms with Crippen LogP contribution in [0, 0.1) is 0 Å². The van der Waals surface area contributed by atoms with Crippen LogP contribution < -0.4 is 19.1 Å². The van der Waals surface area contributed by atoms with Gasteiger partial charge in [-0.3, -0.25) is 9.10 Å². The molecule has 0 saturated heterocycles. The number of para-hydroxylation sites is 1. The third-order valence-electron chi connectivity index (χ3n) is 5.49. The number of ether oxygens (including phenoxy) is 2. The molecule has 172 valence electrons. The van der Waals surface area contributed by atoms with Crippen molar-refractivity contribution in [2.24, 2.45) is 0 Å². The van der Waals surface area contributed by atoms with Crippen LogP contribution in [-0.4, -0.2) is 34.6 Å². The van der Waals surface area contributed by atoms with Gasteiger partial charge in [-0.05, 0) is 79.9 Å². The summed E-state index contributed by atoms with van der Waals surface area (Å²) in [5, 5.41) is 2.90. The van der Waals surface area contributed by atoms with Crippen molar-refractivity contribution in [3.05, 3.63) is 77.9 Å². The normalized spacial score (nSPS) is 13.2. The maximum Gasteiger partial charge on any atom is 0.264 e. The van der Waals surface area contributed by atoms with E-state index in [1.54, 1.807) is 54.6 Å². The molecule has 1 heterocycles. The van der Waals surface area contributed by atoms with Gasteiger partial charge in [0, 0.05) is 12.2 Å². The van der Waals surface area contributed by atoms with E-state index in [0.717, 1.165) is 12.0 Å². The molecule has 1 amide bonds. The molecule has 7 nitrogen and oxygen atoms in total. The van der Waals surface area contributed by atoms with Crippen molar-refractivity contribution >= 4 is 27.3 Å². The lowest BCUT2D eigenvalue weighted by Gasteiger charge is -2.31. The molecule has 0 radical (unpaired) electrons. The van der Waals surface area contributed by atoms with Crippen molar-refractivity contribution in [3.63, 3.8) is 0 Å². The number of benzene rings is 3. The first-order valence-electron chi connectivity index (χ1n) is 10.8. The molecular weight excluding hydrogens is 440 g/mol. The van der Waals surface area contributed by atoms with Gasteiger partial charge in [0.2, 0.25) is 0 Å². The summed E-state index contributed by atoms with van der Waals surface area (Å²) in [5.41, 5.74) is 2.55. The summed E-state index contributed by atoms with van der Waals surface area (Å²) >= 11 is 0. The summed E-state index contributed by atoms with van der Waals surface area (Å²) < 4.78 is 38.7. The van der Waals surface area contributed by atoms with Crippen molar-refractivity contribution in [1.82, 2.24) is 0 Å². The number of carbonyl (C=O) groups is 1. The van der Waals surface area contributed by atoms with Gasteiger partial charge in [-0.15, -0.1) is 0 Å². The Bertz CT molecular complexity index is 1260. The van der Waals surface area contributed by atoms with Gasteiger partial charge in [0.25, 0.3) is 15.9 Å². The average Bonchev–Trinajstić information content (AvgIpc) is 2.84. The molecule has 0 bridgehead atoms. The number of carbonyl (C=O) groups excluding carboxylic acids is 1. The molecule has 1 aliphatic rings. The zero-order valence-corrected chi connectivity index (χ0v) is 19.4. The van der Waals surface area contributed by atoms with Crippen LogP contribution in [0.2, 0.25) is 0 Å². The van der Waals surface area contributed by atoms with Crippen LogP contribution in [0.15, 0.2) is 71.6 Å². The van der Waals surface area contributed by atoms with Crippen LogP contribution in [0.4, 0.5) is 11.4 Å². The first-order chi connectivity index (χ1) is 15.9. The summed E-state index contributed by atoms with van der Waals surface area (Å²) in [6.07, 6.45) is 1.41. The molecule has 3 aromatic carbocycles. The minimum atomic E-state index is -3.72. The van der Waals surface area contributed by atoms with Crippen molar-refractivity contribution in [3.8, 4) is 11.5 Å². The minimum Gasteiger partial charge on any atom is -0.497 e. The summed E-state index contributed by atoms with van der Waals surface area (Å²) in [4.78, 5) is 13.0. The second kappa shape index (κ2) is 9.54. The highest BCUT2D eigenvalue weighted by molar-refractivity contribution is 7.92. The molecule has 3 aromatic rings. The zero-order valence-electron chi connectivity index (χ0n) is 18.6. The predicted molar refractivity (Wildman–Crippen MR) is 128 cm³/mol. The fourth-order valence-electron chi connectivity index (χ4n) is 3.90. The van der Waals surface area contributed by atoms with Crippen molar-refractivity contribution in [1.29, 1.82) is 0 Å². The number of nitrogens with one attached hydrogen (secondary N) is 1. The van der Waals surface area contributed by atoms with E-state index in [1.807, 2.05) is 19.1 Å². The highest BCUT2D eigenvalue weighted by Crippen LogP contribution is 2.34. The maximum absolute atomic E-state index is 13.3. The lowest BCUT2D eigenvalue weighted by atomic mass is 10.0. The fraction of sp³-hybridized carbons (Fsp3) is 0.240. The molecular formula is C25H26N2O5S. The largest absolute Gasteiger partial charge is 0.497 e. The average molecular weight is 467 g/mol. The molecule has 0 saturated carbocycles. The van der Waals surface area contributed by atoms with Crippen molar-refractivity contribution in [2.45, 2.75) is 24.7 Å². The van der Waals surface area contributed by atoms with Crippen LogP contribution in [-0.2, 0) is 16.4 Å². The number of amides is 1. The van der Waals surface area contributed by atoms with Crippen LogP contribution in [0.3, 0.4) is 0 Å². The number of fused-ring (bicyclic) bond motifs is 1. The van der Waals surface area contributed by atoms with Crippen LogP contribution in [0.5, 0.6) is 11.5 Å². The predicted octanol–water partition coefficient (Wildman–Crippen LogP) is 4.49. The van der Waals surface area contributed by atoms with Crippen molar-refractivity contribution in [2.75, 3.05) is 29.9 Å². The SMILES string of the molecule is CCOc1ccccc1C(=O)Nc1ccc2c(c1)CCCN2S(=O)(=O)c1ccc(OC)cc1. The van der Waals surface area contributed by atoms with E-state index in [1.165, 1.54) is 11.4 Å². The van der Waals surface area contributed by atoms with Gasteiger partial charge in [-0.2, -0.15) is 0 Å². The Morgan fingerprint density at radius 2 is 1.82 bits per heavy atom. The number of hydrogen-bond acceptors (Lipinski definition) is 5. The van der Waals surface area contributed by atoms with E-state index in [4.69, 9.17) is 9.47 Å². The number of nitrogens with zero attached hydrogens (tertiary/aromatic N) is 1. The Labute approximate surface area is 194 Å². The molecule has 0 unspecified atom stereocenters. The number of methoxy groups -OCH3 is 1. The summed E-state index contributed by atoms with van der Waals surface area (Å²) in [7, 11) is -2.18. The molecule has 1 N–H and O–H groups in total. The van der Waals surface area contributed by atoms with Gasteiger partial charge in [0.15, 0.2) is 0 Å². The first kappa shape index (κ1) is 22.7. The van der Waals surface area contributed by atoms with Gasteiger partial charge < -0.3 is 14.8 Å². The monoisotopic (exact) mass is 466 g/mol. The Morgan fingerprint density at radius 3 is 2.55 bits per heavy atom. The molecule has 8 heteroatoms. The molecule has 0 atom stereocenters. The van der Waals surface area contributed by atoms with E-state index in [2.05, 4.69) is 5.32 Å². The quantitative estimate of drug-likeness (QED) is 0.555. The number of sulfonamides is 1. The van der Waals surface area contributed by atoms with Crippen LogP contribution in [0.25, 0.3) is 0 Å². The lowest BCUT2D eigenvalue weighted by molar-refractivity contribution is 0.102. The first-order valence-corrected chi connectivity index (χ1v) is 12.2. The molecule has 4 rings (SSSR count). The Hall–Kier alpha value is -3.52. The highest BCUT2D eigenvalue weighted by Gasteiger charge is 2.29. The number of rotatable bonds is 7. The highest BCUT2D eigenvalue weighted by atomic mass is 32.2. The standard InChI is InChI=1S/C25H26N2O5S/c1-3-32-24-9-5-4-8-22(24)25(28)26-19-10-15-23-18(17-19)7-6-16-27(23)33(29,30)21-13-11-20(31-2)12-14-21/h4-5,8-15,17H,3,6-7,16H2,1-2H3,(H,26,28). The smallest absolute Gasteiger partial charge is 0.264 e. The zero-order chi connectivity index (χ0) is 23.4. The van der Waals surface area contributed by atoms with Gasteiger partial charge in [-0.1, -0.05) is 12.1 Å². The van der Waals surface area contributed by atoms with Crippen LogP contribution >= 0.6 is 0 Å². The lowest BCUT2D eigenvalue weighted by Crippen LogP contribution is -2.35. The molecule has 0 spiro atoms.